The zero-order chi connectivity index (χ0) is 23.0. The van der Waals surface area contributed by atoms with Gasteiger partial charge < -0.3 is 5.32 Å². The van der Waals surface area contributed by atoms with Gasteiger partial charge in [0, 0.05) is 5.69 Å². The second-order valence-electron chi connectivity index (χ2n) is 8.48. The number of benzene rings is 3. The summed E-state index contributed by atoms with van der Waals surface area (Å²) < 4.78 is 0. The molecule has 0 unspecified atom stereocenters. The molecule has 3 aromatic carbocycles. The molecule has 0 aromatic heterocycles. The van der Waals surface area contributed by atoms with Crippen LogP contribution in [-0.2, 0) is 16.0 Å². The van der Waals surface area contributed by atoms with Crippen LogP contribution in [0, 0.1) is 27.7 Å². The Morgan fingerprint density at radius 3 is 1.97 bits per heavy atom. The van der Waals surface area contributed by atoms with Crippen molar-refractivity contribution >= 4 is 28.8 Å². The van der Waals surface area contributed by atoms with Gasteiger partial charge in [0.2, 0.25) is 0 Å². The first kappa shape index (κ1) is 21.6. The number of rotatable bonds is 5. The van der Waals surface area contributed by atoms with E-state index in [2.05, 4.69) is 18.3 Å². The van der Waals surface area contributed by atoms with E-state index < -0.39 is 0 Å². The normalized spacial score (nSPS) is 13.8. The number of carbonyl (C=O) groups is 2. The molecule has 0 aliphatic carbocycles. The highest BCUT2D eigenvalue weighted by Crippen LogP contribution is 2.36. The zero-order valence-corrected chi connectivity index (χ0v) is 19.2. The summed E-state index contributed by atoms with van der Waals surface area (Å²) in [6.07, 6.45) is 0.897. The number of aryl methyl sites for hydroxylation is 5. The van der Waals surface area contributed by atoms with Crippen LogP contribution in [-0.4, -0.2) is 11.8 Å². The topological polar surface area (TPSA) is 49.4 Å². The fraction of sp³-hybridized carbons (Fsp3) is 0.214. The Hall–Kier alpha value is -3.66. The minimum absolute atomic E-state index is 0.307. The maximum absolute atomic E-state index is 13.7. The average Bonchev–Trinajstić information content (AvgIpc) is 3.00. The van der Waals surface area contributed by atoms with Gasteiger partial charge in [-0.05, 0) is 74.6 Å². The summed E-state index contributed by atoms with van der Waals surface area (Å²) in [5.74, 6) is -0.646. The summed E-state index contributed by atoms with van der Waals surface area (Å²) in [5, 5.41) is 3.30. The van der Waals surface area contributed by atoms with Crippen LogP contribution in [0.5, 0.6) is 0 Å². The lowest BCUT2D eigenvalue weighted by Crippen LogP contribution is -2.32. The van der Waals surface area contributed by atoms with E-state index in [1.54, 1.807) is 0 Å². The summed E-state index contributed by atoms with van der Waals surface area (Å²) in [4.78, 5) is 28.5. The molecular weight excluding hydrogens is 396 g/mol. The van der Waals surface area contributed by atoms with Crippen LogP contribution in [0.25, 0.3) is 5.57 Å². The molecule has 0 bridgehead atoms. The van der Waals surface area contributed by atoms with Crippen molar-refractivity contribution in [3.05, 3.63) is 99.7 Å². The largest absolute Gasteiger partial charge is 0.350 e. The van der Waals surface area contributed by atoms with Crippen molar-refractivity contribution in [1.29, 1.82) is 0 Å². The Kier molecular flexibility index (Phi) is 5.70. The van der Waals surface area contributed by atoms with Crippen molar-refractivity contribution in [3.8, 4) is 0 Å². The van der Waals surface area contributed by atoms with Crippen LogP contribution in [0.3, 0.4) is 0 Å². The van der Waals surface area contributed by atoms with Crippen LogP contribution >= 0.6 is 0 Å². The van der Waals surface area contributed by atoms with Crippen molar-refractivity contribution in [2.24, 2.45) is 0 Å². The Bertz CT molecular complexity index is 1250. The molecule has 1 aliphatic heterocycles. The van der Waals surface area contributed by atoms with E-state index in [1.165, 1.54) is 4.90 Å². The smallest absolute Gasteiger partial charge is 0.282 e. The van der Waals surface area contributed by atoms with Crippen LogP contribution in [0.4, 0.5) is 11.4 Å². The summed E-state index contributed by atoms with van der Waals surface area (Å²) in [6, 6.07) is 19.5. The highest BCUT2D eigenvalue weighted by Gasteiger charge is 2.40. The molecule has 1 aliphatic rings. The maximum atomic E-state index is 13.7. The fourth-order valence-electron chi connectivity index (χ4n) is 4.19. The van der Waals surface area contributed by atoms with Gasteiger partial charge in [-0.1, -0.05) is 60.5 Å². The molecule has 162 valence electrons. The lowest BCUT2D eigenvalue weighted by Gasteiger charge is -2.16. The first-order valence-corrected chi connectivity index (χ1v) is 10.9. The highest BCUT2D eigenvalue weighted by atomic mass is 16.2. The van der Waals surface area contributed by atoms with Crippen molar-refractivity contribution < 1.29 is 9.59 Å². The molecule has 3 aromatic rings. The number of carbonyl (C=O) groups excluding carboxylic acids is 2. The standard InChI is InChI=1S/C28H28N2O2/c1-6-21-9-11-22(12-10-21)30-27(31)25(23-13-7-17(2)15-19(23)4)26(28(30)32)29-24-14-8-18(3)16-20(24)5/h7-16,29H,6H2,1-5H3. The molecular formula is C28H28N2O2. The number of imide groups is 1. The van der Waals surface area contributed by atoms with E-state index in [1.807, 2.05) is 82.3 Å². The van der Waals surface area contributed by atoms with E-state index in [0.29, 0.717) is 17.0 Å². The minimum atomic E-state index is -0.339. The minimum Gasteiger partial charge on any atom is -0.350 e. The van der Waals surface area contributed by atoms with Crippen LogP contribution in [0.1, 0.15) is 40.3 Å². The van der Waals surface area contributed by atoms with Gasteiger partial charge in [-0.15, -0.1) is 0 Å². The van der Waals surface area contributed by atoms with Crippen LogP contribution < -0.4 is 10.2 Å². The van der Waals surface area contributed by atoms with Crippen molar-refractivity contribution in [2.75, 3.05) is 10.2 Å². The fourth-order valence-corrected chi connectivity index (χ4v) is 4.19. The quantitative estimate of drug-likeness (QED) is 0.521. The molecule has 0 atom stereocenters. The summed E-state index contributed by atoms with van der Waals surface area (Å²) >= 11 is 0. The maximum Gasteiger partial charge on any atom is 0.282 e. The lowest BCUT2D eigenvalue weighted by molar-refractivity contribution is -0.120. The molecule has 0 radical (unpaired) electrons. The van der Waals surface area contributed by atoms with Gasteiger partial charge in [-0.2, -0.15) is 0 Å². The van der Waals surface area contributed by atoms with Crippen molar-refractivity contribution in [3.63, 3.8) is 0 Å². The number of hydrogen-bond donors (Lipinski definition) is 1. The molecule has 0 saturated heterocycles. The monoisotopic (exact) mass is 424 g/mol. The van der Waals surface area contributed by atoms with Crippen LogP contribution in [0.2, 0.25) is 0 Å². The van der Waals surface area contributed by atoms with Crippen molar-refractivity contribution in [2.45, 2.75) is 41.0 Å². The molecule has 2 amide bonds. The SMILES string of the molecule is CCc1ccc(N2C(=O)C(Nc3ccc(C)cc3C)=C(c3ccc(C)cc3C)C2=O)cc1. The Balaban J connectivity index is 1.85. The zero-order valence-electron chi connectivity index (χ0n) is 19.2. The molecule has 0 spiro atoms. The molecule has 0 saturated carbocycles. The Morgan fingerprint density at radius 2 is 1.38 bits per heavy atom. The van der Waals surface area contributed by atoms with E-state index in [-0.39, 0.29) is 11.8 Å². The number of amides is 2. The van der Waals surface area contributed by atoms with Gasteiger partial charge in [0.1, 0.15) is 5.70 Å². The molecule has 32 heavy (non-hydrogen) atoms. The van der Waals surface area contributed by atoms with E-state index in [4.69, 9.17) is 0 Å². The number of nitrogens with one attached hydrogen (secondary N) is 1. The highest BCUT2D eigenvalue weighted by molar-refractivity contribution is 6.46. The predicted molar refractivity (Wildman–Crippen MR) is 131 cm³/mol. The third-order valence-electron chi connectivity index (χ3n) is 5.98. The van der Waals surface area contributed by atoms with Crippen LogP contribution in [0.15, 0.2) is 66.4 Å². The van der Waals surface area contributed by atoms with E-state index in [0.717, 1.165) is 45.5 Å². The second-order valence-corrected chi connectivity index (χ2v) is 8.48. The summed E-state index contributed by atoms with van der Waals surface area (Å²) in [5.41, 5.74) is 8.28. The van der Waals surface area contributed by atoms with E-state index in [9.17, 15) is 9.59 Å². The van der Waals surface area contributed by atoms with Gasteiger partial charge in [0.05, 0.1) is 11.3 Å². The van der Waals surface area contributed by atoms with Gasteiger partial charge in [-0.25, -0.2) is 4.90 Å². The van der Waals surface area contributed by atoms with E-state index >= 15 is 0 Å². The molecule has 4 rings (SSSR count). The van der Waals surface area contributed by atoms with Gasteiger partial charge in [0.25, 0.3) is 11.8 Å². The lowest BCUT2D eigenvalue weighted by atomic mass is 9.97. The van der Waals surface area contributed by atoms with Gasteiger partial charge in [-0.3, -0.25) is 9.59 Å². The average molecular weight is 425 g/mol. The molecule has 0 fully saturated rings. The summed E-state index contributed by atoms with van der Waals surface area (Å²) in [6.45, 7) is 10.1. The van der Waals surface area contributed by atoms with Crippen molar-refractivity contribution in [1.82, 2.24) is 0 Å². The molecule has 1 heterocycles. The first-order valence-electron chi connectivity index (χ1n) is 10.9. The Labute approximate surface area is 189 Å². The first-order chi connectivity index (χ1) is 15.3. The van der Waals surface area contributed by atoms with Gasteiger partial charge >= 0.3 is 0 Å². The summed E-state index contributed by atoms with van der Waals surface area (Å²) in [7, 11) is 0. The second kappa shape index (κ2) is 8.46. The third-order valence-corrected chi connectivity index (χ3v) is 5.98. The third kappa shape index (κ3) is 3.84. The number of hydrogen-bond acceptors (Lipinski definition) is 3. The Morgan fingerprint density at radius 1 is 0.750 bits per heavy atom. The molecule has 4 heteroatoms. The number of anilines is 2. The molecule has 4 nitrogen and oxygen atoms in total. The predicted octanol–water partition coefficient (Wildman–Crippen LogP) is 5.88. The number of nitrogens with zero attached hydrogens (tertiary/aromatic N) is 1. The van der Waals surface area contributed by atoms with Gasteiger partial charge in [0.15, 0.2) is 0 Å². The molecule has 1 N–H and O–H groups in total.